The Hall–Kier alpha value is -1.82. The first-order chi connectivity index (χ1) is 11.6. The average molecular weight is 334 g/mol. The zero-order valence-electron chi connectivity index (χ0n) is 14.3. The number of nitrogens with zero attached hydrogens (tertiary/aromatic N) is 2. The quantitative estimate of drug-likeness (QED) is 0.886. The van der Waals surface area contributed by atoms with Gasteiger partial charge in [-0.05, 0) is 63.0 Å². The van der Waals surface area contributed by atoms with E-state index >= 15 is 0 Å². The van der Waals surface area contributed by atoms with E-state index in [0.29, 0.717) is 12.5 Å². The Morgan fingerprint density at radius 1 is 1.21 bits per heavy atom. The highest BCUT2D eigenvalue weighted by Crippen LogP contribution is 2.23. The summed E-state index contributed by atoms with van der Waals surface area (Å²) in [6.45, 7) is 4.58. The van der Waals surface area contributed by atoms with Gasteiger partial charge in [0.25, 0.3) is 0 Å². The number of carbonyl (C=O) groups is 1. The van der Waals surface area contributed by atoms with E-state index in [-0.39, 0.29) is 17.9 Å². The van der Waals surface area contributed by atoms with E-state index in [1.807, 2.05) is 12.1 Å². The van der Waals surface area contributed by atoms with Crippen molar-refractivity contribution >= 4 is 11.7 Å². The number of urea groups is 1. The number of anilines is 1. The molecule has 6 heteroatoms. The summed E-state index contributed by atoms with van der Waals surface area (Å²) >= 11 is 0. The summed E-state index contributed by atoms with van der Waals surface area (Å²) in [6.07, 6.45) is 3.24. The summed E-state index contributed by atoms with van der Waals surface area (Å²) < 4.78 is 13.0. The molecule has 2 heterocycles. The minimum atomic E-state index is -0.207. The van der Waals surface area contributed by atoms with Gasteiger partial charge in [0.1, 0.15) is 5.82 Å². The minimum absolute atomic E-state index is 0.0597. The molecule has 24 heavy (non-hydrogen) atoms. The summed E-state index contributed by atoms with van der Waals surface area (Å²) in [7, 11) is 2.09. The molecule has 0 spiro atoms. The Kier molecular flexibility index (Phi) is 5.56. The van der Waals surface area contributed by atoms with Gasteiger partial charge in [-0.2, -0.15) is 0 Å². The van der Waals surface area contributed by atoms with Gasteiger partial charge in [0.05, 0.1) is 0 Å². The Morgan fingerprint density at radius 3 is 2.75 bits per heavy atom. The zero-order chi connectivity index (χ0) is 16.9. The number of nitrogens with one attached hydrogen (secondary N) is 2. The molecule has 2 aliphatic rings. The molecule has 0 bridgehead atoms. The molecule has 1 aromatic rings. The van der Waals surface area contributed by atoms with Crippen molar-refractivity contribution in [2.75, 3.05) is 44.7 Å². The molecule has 3 rings (SSSR count). The fourth-order valence-corrected chi connectivity index (χ4v) is 3.64. The van der Waals surface area contributed by atoms with Crippen LogP contribution in [0.1, 0.15) is 19.3 Å². The maximum absolute atomic E-state index is 13.0. The predicted octanol–water partition coefficient (Wildman–Crippen LogP) is 2.05. The number of rotatable bonds is 4. The number of amides is 2. The first-order valence-electron chi connectivity index (χ1n) is 8.83. The van der Waals surface area contributed by atoms with Crippen LogP contribution in [0, 0.1) is 11.7 Å². The predicted molar refractivity (Wildman–Crippen MR) is 93.8 cm³/mol. The van der Waals surface area contributed by atoms with Crippen LogP contribution in [0.2, 0.25) is 0 Å². The molecular weight excluding hydrogens is 307 g/mol. The van der Waals surface area contributed by atoms with Crippen molar-refractivity contribution in [1.29, 1.82) is 0 Å². The van der Waals surface area contributed by atoms with E-state index in [1.54, 1.807) is 0 Å². The summed E-state index contributed by atoms with van der Waals surface area (Å²) in [5.41, 5.74) is 1.05. The van der Waals surface area contributed by atoms with Crippen LogP contribution in [0.4, 0.5) is 14.9 Å². The molecule has 0 unspecified atom stereocenters. The number of hydrogen-bond acceptors (Lipinski definition) is 3. The lowest BCUT2D eigenvalue weighted by Gasteiger charge is -2.30. The van der Waals surface area contributed by atoms with Crippen LogP contribution >= 0.6 is 0 Å². The van der Waals surface area contributed by atoms with E-state index in [2.05, 4.69) is 27.5 Å². The summed E-state index contributed by atoms with van der Waals surface area (Å²) in [5, 5.41) is 6.09. The second-order valence-corrected chi connectivity index (χ2v) is 7.03. The number of piperidine rings is 1. The first kappa shape index (κ1) is 17.0. The number of likely N-dealkylation sites (N-methyl/N-ethyl adjacent to an activating group) is 1. The molecule has 2 N–H and O–H groups in total. The first-order valence-corrected chi connectivity index (χ1v) is 8.83. The van der Waals surface area contributed by atoms with Gasteiger partial charge < -0.3 is 20.4 Å². The van der Waals surface area contributed by atoms with E-state index in [4.69, 9.17) is 0 Å². The van der Waals surface area contributed by atoms with Crippen LogP contribution < -0.4 is 15.5 Å². The largest absolute Gasteiger partial charge is 0.371 e. The van der Waals surface area contributed by atoms with E-state index in [9.17, 15) is 9.18 Å². The standard InChI is InChI=1S/C18H27FN4O/c1-22-9-2-3-16(13-22)21-18(24)20-11-14-8-10-23(12-14)17-6-4-15(19)5-7-17/h4-7,14,16H,2-3,8-13H2,1H3,(H2,20,21,24)/t14-,16+/m0/s1. The van der Waals surface area contributed by atoms with E-state index in [0.717, 1.165) is 51.1 Å². The fraction of sp³-hybridized carbons (Fsp3) is 0.611. The number of carbonyl (C=O) groups excluding carboxylic acids is 1. The van der Waals surface area contributed by atoms with Crippen molar-refractivity contribution in [1.82, 2.24) is 15.5 Å². The van der Waals surface area contributed by atoms with Crippen molar-refractivity contribution in [3.05, 3.63) is 30.1 Å². The molecule has 0 saturated carbocycles. The number of hydrogen-bond donors (Lipinski definition) is 2. The second kappa shape index (κ2) is 7.83. The number of likely N-dealkylation sites (tertiary alicyclic amines) is 1. The highest BCUT2D eigenvalue weighted by Gasteiger charge is 2.24. The van der Waals surface area contributed by atoms with Crippen molar-refractivity contribution in [2.45, 2.75) is 25.3 Å². The zero-order valence-corrected chi connectivity index (χ0v) is 14.3. The highest BCUT2D eigenvalue weighted by atomic mass is 19.1. The molecule has 0 aliphatic carbocycles. The summed E-state index contributed by atoms with van der Waals surface area (Å²) in [4.78, 5) is 16.6. The van der Waals surface area contributed by atoms with Gasteiger partial charge in [-0.1, -0.05) is 0 Å². The third kappa shape index (κ3) is 4.60. The summed E-state index contributed by atoms with van der Waals surface area (Å²) in [6, 6.07) is 6.82. The summed E-state index contributed by atoms with van der Waals surface area (Å²) in [5.74, 6) is 0.232. The van der Waals surface area contributed by atoms with Crippen LogP contribution in [0.15, 0.2) is 24.3 Å². The number of benzene rings is 1. The Bertz CT molecular complexity index is 550. The fourth-order valence-electron chi connectivity index (χ4n) is 3.64. The van der Waals surface area contributed by atoms with Gasteiger partial charge >= 0.3 is 6.03 Å². The molecule has 2 fully saturated rings. The van der Waals surface area contributed by atoms with E-state index in [1.165, 1.54) is 12.1 Å². The van der Waals surface area contributed by atoms with Crippen LogP contribution in [0.5, 0.6) is 0 Å². The molecule has 2 saturated heterocycles. The van der Waals surface area contributed by atoms with E-state index < -0.39 is 0 Å². The van der Waals surface area contributed by atoms with Crippen molar-refractivity contribution in [3.8, 4) is 0 Å². The van der Waals surface area contributed by atoms with Gasteiger partial charge in [0.2, 0.25) is 0 Å². The maximum Gasteiger partial charge on any atom is 0.315 e. The van der Waals surface area contributed by atoms with Gasteiger partial charge in [0, 0.05) is 37.9 Å². The van der Waals surface area contributed by atoms with Gasteiger partial charge in [0.15, 0.2) is 0 Å². The molecule has 0 radical (unpaired) electrons. The average Bonchev–Trinajstić information content (AvgIpc) is 3.03. The Balaban J connectivity index is 1.39. The lowest BCUT2D eigenvalue weighted by molar-refractivity contribution is 0.208. The van der Waals surface area contributed by atoms with Crippen LogP contribution in [-0.4, -0.2) is 56.7 Å². The molecule has 132 valence electrons. The lowest BCUT2D eigenvalue weighted by atomic mass is 10.1. The van der Waals surface area contributed by atoms with Crippen molar-refractivity contribution < 1.29 is 9.18 Å². The Morgan fingerprint density at radius 2 is 2.00 bits per heavy atom. The molecule has 0 aromatic heterocycles. The van der Waals surface area contributed by atoms with Gasteiger partial charge in [-0.25, -0.2) is 9.18 Å². The smallest absolute Gasteiger partial charge is 0.315 e. The normalized spacial score (nSPS) is 24.8. The molecule has 1 aromatic carbocycles. The minimum Gasteiger partial charge on any atom is -0.371 e. The van der Waals surface area contributed by atoms with Crippen LogP contribution in [0.3, 0.4) is 0 Å². The SMILES string of the molecule is CN1CCC[C@@H](NC(=O)NC[C@@H]2CCN(c3ccc(F)cc3)C2)C1. The molecule has 2 aliphatic heterocycles. The molecule has 2 amide bonds. The van der Waals surface area contributed by atoms with Crippen LogP contribution in [0.25, 0.3) is 0 Å². The van der Waals surface area contributed by atoms with Crippen molar-refractivity contribution in [2.24, 2.45) is 5.92 Å². The lowest BCUT2D eigenvalue weighted by Crippen LogP contribution is -2.50. The molecule has 2 atom stereocenters. The van der Waals surface area contributed by atoms with Crippen LogP contribution in [-0.2, 0) is 0 Å². The third-order valence-electron chi connectivity index (χ3n) is 4.99. The number of halogens is 1. The molecular formula is C18H27FN4O. The topological polar surface area (TPSA) is 47.6 Å². The third-order valence-corrected chi connectivity index (χ3v) is 4.99. The van der Waals surface area contributed by atoms with Gasteiger partial charge in [-0.3, -0.25) is 0 Å². The monoisotopic (exact) mass is 334 g/mol. The second-order valence-electron chi connectivity index (χ2n) is 7.03. The Labute approximate surface area is 143 Å². The highest BCUT2D eigenvalue weighted by molar-refractivity contribution is 5.74. The van der Waals surface area contributed by atoms with Crippen molar-refractivity contribution in [3.63, 3.8) is 0 Å². The maximum atomic E-state index is 13.0. The van der Waals surface area contributed by atoms with Gasteiger partial charge in [-0.15, -0.1) is 0 Å². The molecule has 5 nitrogen and oxygen atoms in total.